The highest BCUT2D eigenvalue weighted by atomic mass is 32.2. The van der Waals surface area contributed by atoms with E-state index in [1.54, 1.807) is 50.8 Å². The van der Waals surface area contributed by atoms with E-state index in [1.807, 2.05) is 24.4 Å². The number of amidine groups is 1. The van der Waals surface area contributed by atoms with Gasteiger partial charge in [-0.1, -0.05) is 30.0 Å². The molecule has 9 heteroatoms. The second-order valence-electron chi connectivity index (χ2n) is 9.25. The fourth-order valence-electron chi connectivity index (χ4n) is 3.60. The monoisotopic (exact) mass is 474 g/mol. The molecule has 7 nitrogen and oxygen atoms in total. The van der Waals surface area contributed by atoms with Gasteiger partial charge in [-0.15, -0.1) is 0 Å². The molecule has 0 bridgehead atoms. The van der Waals surface area contributed by atoms with Gasteiger partial charge in [-0.3, -0.25) is 4.79 Å². The van der Waals surface area contributed by atoms with Gasteiger partial charge in [0.25, 0.3) is 0 Å². The number of rotatable bonds is 7. The summed E-state index contributed by atoms with van der Waals surface area (Å²) in [5.74, 6) is -1.14. The van der Waals surface area contributed by atoms with Crippen molar-refractivity contribution >= 4 is 28.8 Å². The second kappa shape index (κ2) is 10.1. The lowest BCUT2D eigenvalue weighted by molar-refractivity contribution is -0.150. The fraction of sp³-hybridized carbons (Fsp3) is 0.458. The van der Waals surface area contributed by atoms with Crippen LogP contribution in [0.3, 0.4) is 0 Å². The molecule has 3 rings (SSSR count). The van der Waals surface area contributed by atoms with E-state index in [-0.39, 0.29) is 17.9 Å². The van der Waals surface area contributed by atoms with Gasteiger partial charge < -0.3 is 19.9 Å². The number of ether oxygens (including phenoxy) is 1. The Balaban J connectivity index is 1.96. The SMILES string of the molecule is CC1=C(C(=O)OC(C)(C)C)C(c2ccccc2F)N2C(CC(=O)NCCN(C)C)=CSC2=N1. The molecule has 2 aliphatic rings. The van der Waals surface area contributed by atoms with Crippen molar-refractivity contribution in [2.75, 3.05) is 27.2 Å². The number of carbonyl (C=O) groups is 2. The number of thioether (sulfide) groups is 1. The zero-order chi connectivity index (χ0) is 24.3. The molecule has 0 fully saturated rings. The van der Waals surface area contributed by atoms with E-state index >= 15 is 4.39 Å². The molecule has 0 aromatic heterocycles. The minimum atomic E-state index is -0.788. The van der Waals surface area contributed by atoms with Gasteiger partial charge in [-0.05, 0) is 53.3 Å². The normalized spacial score (nSPS) is 18.2. The number of amides is 1. The van der Waals surface area contributed by atoms with Crippen LogP contribution in [0.5, 0.6) is 0 Å². The summed E-state index contributed by atoms with van der Waals surface area (Å²) in [5, 5.41) is 5.34. The molecule has 1 N–H and O–H groups in total. The molecule has 178 valence electrons. The van der Waals surface area contributed by atoms with Crippen molar-refractivity contribution in [3.05, 3.63) is 58.0 Å². The lowest BCUT2D eigenvalue weighted by Crippen LogP contribution is -2.40. The third kappa shape index (κ3) is 6.03. The average molecular weight is 475 g/mol. The predicted octanol–water partition coefficient (Wildman–Crippen LogP) is 3.81. The van der Waals surface area contributed by atoms with Gasteiger partial charge in [-0.25, -0.2) is 14.2 Å². The molecule has 2 aliphatic heterocycles. The number of hydrogen-bond donors (Lipinski definition) is 1. The summed E-state index contributed by atoms with van der Waals surface area (Å²) in [4.78, 5) is 34.2. The quantitative estimate of drug-likeness (QED) is 0.606. The molecule has 0 radical (unpaired) electrons. The molecule has 1 unspecified atom stereocenters. The third-order valence-corrected chi connectivity index (χ3v) is 5.93. The Labute approximate surface area is 198 Å². The summed E-state index contributed by atoms with van der Waals surface area (Å²) in [6.07, 6.45) is 0.0883. The summed E-state index contributed by atoms with van der Waals surface area (Å²) in [5.41, 5.74) is 0.995. The van der Waals surface area contributed by atoms with Crippen LogP contribution < -0.4 is 5.32 Å². The van der Waals surface area contributed by atoms with Crippen molar-refractivity contribution in [1.29, 1.82) is 0 Å². The molecule has 0 saturated carbocycles. The largest absolute Gasteiger partial charge is 0.456 e. The first kappa shape index (κ1) is 25.0. The summed E-state index contributed by atoms with van der Waals surface area (Å²) in [7, 11) is 3.87. The molecule has 0 saturated heterocycles. The molecular weight excluding hydrogens is 443 g/mol. The Morgan fingerprint density at radius 2 is 1.97 bits per heavy atom. The van der Waals surface area contributed by atoms with Crippen LogP contribution in [0.2, 0.25) is 0 Å². The predicted molar refractivity (Wildman–Crippen MR) is 129 cm³/mol. The smallest absolute Gasteiger partial charge is 0.338 e. The molecular formula is C24H31FN4O3S. The van der Waals surface area contributed by atoms with Gasteiger partial charge in [0, 0.05) is 24.4 Å². The highest BCUT2D eigenvalue weighted by Crippen LogP contribution is 2.45. The van der Waals surface area contributed by atoms with E-state index in [0.29, 0.717) is 28.7 Å². The van der Waals surface area contributed by atoms with Crippen molar-refractivity contribution in [3.8, 4) is 0 Å². The summed E-state index contributed by atoms with van der Waals surface area (Å²) in [6.45, 7) is 8.32. The number of esters is 1. The zero-order valence-corrected chi connectivity index (χ0v) is 20.8. The molecule has 0 spiro atoms. The number of nitrogens with one attached hydrogen (secondary N) is 1. The Morgan fingerprint density at radius 3 is 2.61 bits per heavy atom. The number of aliphatic imine (C=N–C) groups is 1. The summed E-state index contributed by atoms with van der Waals surface area (Å²) >= 11 is 1.36. The minimum Gasteiger partial charge on any atom is -0.456 e. The topological polar surface area (TPSA) is 74.2 Å². The maximum Gasteiger partial charge on any atom is 0.338 e. The van der Waals surface area contributed by atoms with Crippen molar-refractivity contribution in [2.45, 2.75) is 45.8 Å². The second-order valence-corrected chi connectivity index (χ2v) is 10.1. The van der Waals surface area contributed by atoms with Crippen LogP contribution in [-0.4, -0.2) is 59.6 Å². The first-order valence-electron chi connectivity index (χ1n) is 10.8. The van der Waals surface area contributed by atoms with Crippen LogP contribution in [0.15, 0.2) is 51.6 Å². The molecule has 1 amide bonds. The number of hydrogen-bond acceptors (Lipinski definition) is 7. The third-order valence-electron chi connectivity index (χ3n) is 5.04. The minimum absolute atomic E-state index is 0.0883. The van der Waals surface area contributed by atoms with Gasteiger partial charge in [0.05, 0.1) is 23.7 Å². The van der Waals surface area contributed by atoms with Crippen molar-refractivity contribution in [3.63, 3.8) is 0 Å². The Morgan fingerprint density at radius 1 is 1.27 bits per heavy atom. The number of fused-ring (bicyclic) bond motifs is 1. The van der Waals surface area contributed by atoms with Crippen LogP contribution in [0.25, 0.3) is 0 Å². The van der Waals surface area contributed by atoms with Crippen molar-refractivity contribution in [1.82, 2.24) is 15.1 Å². The lowest BCUT2D eigenvalue weighted by Gasteiger charge is -2.37. The van der Waals surface area contributed by atoms with Gasteiger partial charge in [0.15, 0.2) is 5.17 Å². The Bertz CT molecular complexity index is 1030. The Hall–Kier alpha value is -2.65. The number of likely N-dealkylation sites (N-methyl/N-ethyl adjacent to an activating group) is 1. The van der Waals surface area contributed by atoms with Gasteiger partial charge in [-0.2, -0.15) is 0 Å². The molecule has 33 heavy (non-hydrogen) atoms. The fourth-order valence-corrected chi connectivity index (χ4v) is 4.57. The van der Waals surface area contributed by atoms with E-state index in [0.717, 1.165) is 6.54 Å². The number of benzene rings is 1. The standard InChI is InChI=1S/C24H31FN4O3S/c1-15-20(22(31)32-24(2,3)4)21(17-9-7-8-10-18(17)25)29-16(14-33-23(29)27-15)13-19(30)26-11-12-28(5)6/h7-10,14,21H,11-13H2,1-6H3,(H,26,30). The van der Waals surface area contributed by atoms with Crippen LogP contribution in [0.1, 0.15) is 45.7 Å². The van der Waals surface area contributed by atoms with E-state index in [1.165, 1.54) is 17.8 Å². The van der Waals surface area contributed by atoms with E-state index in [9.17, 15) is 9.59 Å². The van der Waals surface area contributed by atoms with Crippen molar-refractivity contribution < 1.29 is 18.7 Å². The van der Waals surface area contributed by atoms with E-state index < -0.39 is 23.4 Å². The average Bonchev–Trinajstić information content (AvgIpc) is 3.07. The lowest BCUT2D eigenvalue weighted by atomic mass is 9.93. The van der Waals surface area contributed by atoms with E-state index in [2.05, 4.69) is 10.3 Å². The van der Waals surface area contributed by atoms with E-state index in [4.69, 9.17) is 4.74 Å². The van der Waals surface area contributed by atoms with Crippen LogP contribution in [0, 0.1) is 5.82 Å². The Kier molecular flexibility index (Phi) is 7.64. The molecule has 0 aliphatic carbocycles. The van der Waals surface area contributed by atoms with Gasteiger partial charge >= 0.3 is 5.97 Å². The molecule has 1 aromatic carbocycles. The van der Waals surface area contributed by atoms with Crippen molar-refractivity contribution in [2.24, 2.45) is 4.99 Å². The van der Waals surface area contributed by atoms with Gasteiger partial charge in [0.2, 0.25) is 5.91 Å². The number of carbonyl (C=O) groups excluding carboxylic acids is 2. The zero-order valence-electron chi connectivity index (χ0n) is 19.9. The van der Waals surface area contributed by atoms with Crippen LogP contribution in [-0.2, 0) is 14.3 Å². The first-order valence-corrected chi connectivity index (χ1v) is 11.7. The highest BCUT2D eigenvalue weighted by Gasteiger charge is 2.42. The number of halogens is 1. The summed E-state index contributed by atoms with van der Waals surface area (Å²) < 4.78 is 20.7. The number of allylic oxidation sites excluding steroid dienone is 1. The molecule has 1 atom stereocenters. The van der Waals surface area contributed by atoms with Crippen LogP contribution in [0.4, 0.5) is 4.39 Å². The maximum atomic E-state index is 15.0. The number of nitrogens with zero attached hydrogens (tertiary/aromatic N) is 3. The van der Waals surface area contributed by atoms with Gasteiger partial charge in [0.1, 0.15) is 11.4 Å². The molecule has 1 aromatic rings. The summed E-state index contributed by atoms with van der Waals surface area (Å²) in [6, 6.07) is 5.56. The first-order chi connectivity index (χ1) is 15.5. The van der Waals surface area contributed by atoms with Crippen LogP contribution >= 0.6 is 11.8 Å². The molecule has 2 heterocycles. The maximum absolute atomic E-state index is 15.0. The highest BCUT2D eigenvalue weighted by molar-refractivity contribution is 8.16.